The molecule has 27 heavy (non-hydrogen) atoms. The van der Waals surface area contributed by atoms with E-state index < -0.39 is 0 Å². The molecule has 4 heteroatoms. The van der Waals surface area contributed by atoms with E-state index in [2.05, 4.69) is 41.5 Å². The van der Waals surface area contributed by atoms with Gasteiger partial charge < -0.3 is 14.9 Å². The van der Waals surface area contributed by atoms with E-state index in [4.69, 9.17) is 9.84 Å². The lowest BCUT2D eigenvalue weighted by atomic mass is 9.78. The van der Waals surface area contributed by atoms with Gasteiger partial charge in [0, 0.05) is 13.0 Å². The molecule has 1 aromatic carbocycles. The first-order valence-corrected chi connectivity index (χ1v) is 9.99. The molecule has 0 spiro atoms. The molecule has 4 nitrogen and oxygen atoms in total. The van der Waals surface area contributed by atoms with E-state index in [1.165, 1.54) is 0 Å². The Morgan fingerprint density at radius 3 is 2.04 bits per heavy atom. The summed E-state index contributed by atoms with van der Waals surface area (Å²) in [5, 5.41) is 19.6. The number of hydrogen-bond acceptors (Lipinski definition) is 4. The smallest absolute Gasteiger partial charge is 0.306 e. The standard InChI is InChI=1S/C23H38O4/c1-16(9-8-12-24)15-27-20(25)11-10-17-13-18(22(2,3)4)21(26)19(14-17)23(5,6)7/h13-14,16,24,26H,8-12,15H2,1-7H3. The SMILES string of the molecule is CC(CCCO)COC(=O)CCc1cc(C(C)(C)C)c(O)c(C(C)(C)C)c1. The maximum atomic E-state index is 12.1. The molecule has 2 N–H and O–H groups in total. The average molecular weight is 379 g/mol. The van der Waals surface area contributed by atoms with E-state index in [0.717, 1.165) is 29.5 Å². The van der Waals surface area contributed by atoms with E-state index in [1.807, 2.05) is 19.1 Å². The van der Waals surface area contributed by atoms with Crippen molar-refractivity contribution in [2.45, 2.75) is 85.0 Å². The van der Waals surface area contributed by atoms with Gasteiger partial charge in [0.1, 0.15) is 5.75 Å². The Hall–Kier alpha value is -1.55. The van der Waals surface area contributed by atoms with Crippen molar-refractivity contribution in [3.05, 3.63) is 28.8 Å². The van der Waals surface area contributed by atoms with Crippen LogP contribution < -0.4 is 0 Å². The molecule has 0 saturated heterocycles. The highest BCUT2D eigenvalue weighted by atomic mass is 16.5. The Labute approximate surface area is 164 Å². The van der Waals surface area contributed by atoms with Gasteiger partial charge in [-0.25, -0.2) is 0 Å². The van der Waals surface area contributed by atoms with Gasteiger partial charge in [0.25, 0.3) is 0 Å². The minimum absolute atomic E-state index is 0.172. The van der Waals surface area contributed by atoms with Crippen LogP contribution in [0.25, 0.3) is 0 Å². The molecule has 0 amide bonds. The van der Waals surface area contributed by atoms with Gasteiger partial charge in [0.2, 0.25) is 0 Å². The predicted octanol–water partition coefficient (Wildman–Crippen LogP) is 4.87. The molecule has 1 rings (SSSR count). The summed E-state index contributed by atoms with van der Waals surface area (Å²) in [7, 11) is 0. The van der Waals surface area contributed by atoms with E-state index >= 15 is 0 Å². The lowest BCUT2D eigenvalue weighted by molar-refractivity contribution is -0.144. The van der Waals surface area contributed by atoms with Crippen LogP contribution in [-0.4, -0.2) is 29.4 Å². The van der Waals surface area contributed by atoms with Gasteiger partial charge in [0.05, 0.1) is 6.61 Å². The average Bonchev–Trinajstić information content (AvgIpc) is 2.54. The minimum atomic E-state index is -0.200. The molecule has 1 aromatic rings. The summed E-state index contributed by atoms with van der Waals surface area (Å²) in [6.45, 7) is 15.1. The number of rotatable bonds is 8. The van der Waals surface area contributed by atoms with E-state index in [1.54, 1.807) is 0 Å². The van der Waals surface area contributed by atoms with Gasteiger partial charge in [-0.3, -0.25) is 4.79 Å². The Balaban J connectivity index is 2.84. The van der Waals surface area contributed by atoms with Crippen molar-refractivity contribution in [3.63, 3.8) is 0 Å². The van der Waals surface area contributed by atoms with Crippen LogP contribution in [0.4, 0.5) is 0 Å². The summed E-state index contributed by atoms with van der Waals surface area (Å²) in [5.41, 5.74) is 2.52. The first kappa shape index (κ1) is 23.5. The lowest BCUT2D eigenvalue weighted by Crippen LogP contribution is -2.18. The Morgan fingerprint density at radius 2 is 1.59 bits per heavy atom. The van der Waals surface area contributed by atoms with Crippen LogP contribution in [0.5, 0.6) is 5.75 Å². The Kier molecular flexibility index (Phi) is 8.34. The van der Waals surface area contributed by atoms with Crippen LogP contribution in [0.15, 0.2) is 12.1 Å². The first-order chi connectivity index (χ1) is 12.4. The second-order valence-electron chi connectivity index (χ2n) is 9.69. The van der Waals surface area contributed by atoms with Gasteiger partial charge >= 0.3 is 5.97 Å². The zero-order valence-electron chi connectivity index (χ0n) is 18.2. The zero-order chi connectivity index (χ0) is 20.8. The summed E-state index contributed by atoms with van der Waals surface area (Å²) < 4.78 is 5.37. The molecule has 0 radical (unpaired) electrons. The number of aromatic hydroxyl groups is 1. The van der Waals surface area contributed by atoms with Gasteiger partial charge in [-0.2, -0.15) is 0 Å². The number of benzene rings is 1. The van der Waals surface area contributed by atoms with Crippen LogP contribution in [0, 0.1) is 5.92 Å². The van der Waals surface area contributed by atoms with E-state index in [9.17, 15) is 9.90 Å². The molecule has 0 heterocycles. The number of aliphatic hydroxyl groups excluding tert-OH is 1. The molecule has 0 bridgehead atoms. The largest absolute Gasteiger partial charge is 0.507 e. The summed E-state index contributed by atoms with van der Waals surface area (Å²) in [6.07, 6.45) is 2.50. The summed E-state index contributed by atoms with van der Waals surface area (Å²) >= 11 is 0. The Bertz CT molecular complexity index is 585. The van der Waals surface area contributed by atoms with Gasteiger partial charge in [0.15, 0.2) is 0 Å². The van der Waals surface area contributed by atoms with Gasteiger partial charge in [-0.05, 0) is 52.7 Å². The van der Waals surface area contributed by atoms with Crippen LogP contribution in [0.3, 0.4) is 0 Å². The van der Waals surface area contributed by atoms with Crippen molar-refractivity contribution in [1.29, 1.82) is 0 Å². The van der Waals surface area contributed by atoms with Crippen molar-refractivity contribution < 1.29 is 19.7 Å². The number of hydrogen-bond donors (Lipinski definition) is 2. The quantitative estimate of drug-likeness (QED) is 0.633. The zero-order valence-corrected chi connectivity index (χ0v) is 18.2. The molecular weight excluding hydrogens is 340 g/mol. The van der Waals surface area contributed by atoms with E-state index in [0.29, 0.717) is 25.2 Å². The number of carbonyl (C=O) groups excluding carboxylic acids is 1. The fourth-order valence-corrected chi connectivity index (χ4v) is 3.06. The van der Waals surface area contributed by atoms with Crippen LogP contribution in [0.1, 0.15) is 84.4 Å². The number of ether oxygens (including phenoxy) is 1. The monoisotopic (exact) mass is 378 g/mol. The number of aliphatic hydroxyl groups is 1. The Morgan fingerprint density at radius 1 is 1.07 bits per heavy atom. The second kappa shape index (κ2) is 9.59. The number of esters is 1. The highest BCUT2D eigenvalue weighted by Crippen LogP contribution is 2.39. The summed E-state index contributed by atoms with van der Waals surface area (Å²) in [6, 6.07) is 4.03. The van der Waals surface area contributed by atoms with Crippen molar-refractivity contribution in [3.8, 4) is 5.75 Å². The fourth-order valence-electron chi connectivity index (χ4n) is 3.06. The highest BCUT2D eigenvalue weighted by molar-refractivity contribution is 5.69. The second-order valence-corrected chi connectivity index (χ2v) is 9.69. The number of phenolic OH excluding ortho intramolecular Hbond substituents is 1. The molecule has 0 aliphatic carbocycles. The van der Waals surface area contributed by atoms with E-state index in [-0.39, 0.29) is 29.3 Å². The first-order valence-electron chi connectivity index (χ1n) is 9.99. The number of carbonyl (C=O) groups is 1. The maximum absolute atomic E-state index is 12.1. The van der Waals surface area contributed by atoms with Crippen LogP contribution in [-0.2, 0) is 26.8 Å². The molecule has 0 fully saturated rings. The van der Waals surface area contributed by atoms with Gasteiger partial charge in [-0.1, -0.05) is 60.6 Å². The molecule has 154 valence electrons. The molecule has 0 aromatic heterocycles. The van der Waals surface area contributed by atoms with Crippen LogP contribution in [0.2, 0.25) is 0 Å². The molecular formula is C23H38O4. The van der Waals surface area contributed by atoms with Crippen molar-refractivity contribution in [2.75, 3.05) is 13.2 Å². The molecule has 0 aliphatic rings. The predicted molar refractivity (Wildman–Crippen MR) is 110 cm³/mol. The number of phenols is 1. The number of aryl methyl sites for hydroxylation is 1. The third-order valence-electron chi connectivity index (χ3n) is 4.79. The maximum Gasteiger partial charge on any atom is 0.306 e. The molecule has 0 aliphatic heterocycles. The summed E-state index contributed by atoms with van der Waals surface area (Å²) in [5.74, 6) is 0.419. The lowest BCUT2D eigenvalue weighted by Gasteiger charge is -2.28. The minimum Gasteiger partial charge on any atom is -0.507 e. The highest BCUT2D eigenvalue weighted by Gasteiger charge is 2.26. The molecule has 1 atom stereocenters. The summed E-state index contributed by atoms with van der Waals surface area (Å²) in [4.78, 5) is 12.1. The van der Waals surface area contributed by atoms with Crippen molar-refractivity contribution in [1.82, 2.24) is 0 Å². The van der Waals surface area contributed by atoms with Crippen molar-refractivity contribution >= 4 is 5.97 Å². The van der Waals surface area contributed by atoms with Gasteiger partial charge in [-0.15, -0.1) is 0 Å². The van der Waals surface area contributed by atoms with Crippen molar-refractivity contribution in [2.24, 2.45) is 5.92 Å². The third-order valence-corrected chi connectivity index (χ3v) is 4.79. The fraction of sp³-hybridized carbons (Fsp3) is 0.696. The third kappa shape index (κ3) is 7.53. The van der Waals surface area contributed by atoms with Crippen LogP contribution >= 0.6 is 0 Å². The normalized spacial score (nSPS) is 13.5. The molecule has 0 saturated carbocycles. The topological polar surface area (TPSA) is 66.8 Å². The molecule has 1 unspecified atom stereocenters.